The third kappa shape index (κ3) is 3.78. The number of nitrogens with one attached hydrogen (secondary N) is 2. The van der Waals surface area contributed by atoms with Crippen LogP contribution in [0.2, 0.25) is 0 Å². The minimum Gasteiger partial charge on any atom is -0.368 e. The van der Waals surface area contributed by atoms with Gasteiger partial charge in [-0.25, -0.2) is 9.97 Å². The summed E-state index contributed by atoms with van der Waals surface area (Å²) < 4.78 is 0. The summed E-state index contributed by atoms with van der Waals surface area (Å²) in [5.41, 5.74) is 8.13. The van der Waals surface area contributed by atoms with Crippen LogP contribution in [-0.4, -0.2) is 51.9 Å². The van der Waals surface area contributed by atoms with Crippen LogP contribution in [0.1, 0.15) is 29.6 Å². The average molecular weight is 364 g/mol. The van der Waals surface area contributed by atoms with Crippen LogP contribution in [0, 0.1) is 0 Å². The minimum atomic E-state index is -0.482. The molecule has 1 fully saturated rings. The summed E-state index contributed by atoms with van der Waals surface area (Å²) in [7, 11) is 0. The molecule has 3 heterocycles. The van der Waals surface area contributed by atoms with Crippen molar-refractivity contribution in [2.45, 2.75) is 19.3 Å². The number of imidazole rings is 1. The normalized spacial score (nSPS) is 15.1. The molecule has 27 heavy (non-hydrogen) atoms. The Kier molecular flexibility index (Phi) is 5.02. The minimum absolute atomic E-state index is 0.415. The fourth-order valence-corrected chi connectivity index (χ4v) is 3.61. The van der Waals surface area contributed by atoms with Crippen LogP contribution in [-0.2, 0) is 0 Å². The number of benzene rings is 1. The Morgan fingerprint density at radius 3 is 2.85 bits per heavy atom. The molecule has 1 amide bonds. The maximum Gasteiger partial charge on any atom is 0.250 e. The van der Waals surface area contributed by atoms with Gasteiger partial charge in [0.25, 0.3) is 5.91 Å². The van der Waals surface area contributed by atoms with Crippen molar-refractivity contribution in [3.63, 3.8) is 0 Å². The van der Waals surface area contributed by atoms with Crippen LogP contribution in [0.5, 0.6) is 0 Å². The average Bonchev–Trinajstić information content (AvgIpc) is 3.13. The number of likely N-dealkylation sites (tertiary alicyclic amines) is 1. The zero-order valence-electron chi connectivity index (χ0n) is 15.2. The number of H-pyrrole nitrogens is 1. The number of aromatic amines is 1. The molecule has 4 rings (SSSR count). The molecule has 0 aliphatic carbocycles. The van der Waals surface area contributed by atoms with Crippen molar-refractivity contribution in [1.29, 1.82) is 0 Å². The van der Waals surface area contributed by atoms with E-state index >= 15 is 0 Å². The van der Waals surface area contributed by atoms with Gasteiger partial charge in [0, 0.05) is 19.3 Å². The molecule has 1 aliphatic heterocycles. The molecule has 0 saturated carbocycles. The molecule has 140 valence electrons. The van der Waals surface area contributed by atoms with Crippen molar-refractivity contribution >= 4 is 22.8 Å². The third-order valence-corrected chi connectivity index (χ3v) is 5.01. The highest BCUT2D eigenvalue weighted by Gasteiger charge is 2.15. The van der Waals surface area contributed by atoms with Gasteiger partial charge in [0.15, 0.2) is 0 Å². The van der Waals surface area contributed by atoms with E-state index in [9.17, 15) is 4.79 Å². The predicted molar refractivity (Wildman–Crippen MR) is 107 cm³/mol. The largest absolute Gasteiger partial charge is 0.368 e. The third-order valence-electron chi connectivity index (χ3n) is 5.01. The number of piperidine rings is 1. The summed E-state index contributed by atoms with van der Waals surface area (Å²) >= 11 is 0. The van der Waals surface area contributed by atoms with E-state index in [1.54, 1.807) is 18.3 Å². The van der Waals surface area contributed by atoms with Gasteiger partial charge in [-0.05, 0) is 50.2 Å². The molecule has 7 nitrogen and oxygen atoms in total. The number of primary amides is 1. The first-order valence-electron chi connectivity index (χ1n) is 9.42. The maximum absolute atomic E-state index is 11.7. The summed E-state index contributed by atoms with van der Waals surface area (Å²) in [5.74, 6) is 0.978. The Labute approximate surface area is 158 Å². The van der Waals surface area contributed by atoms with Gasteiger partial charge in [-0.3, -0.25) is 4.79 Å². The Bertz CT molecular complexity index is 945. The smallest absolute Gasteiger partial charge is 0.250 e. The topological polar surface area (TPSA) is 99.9 Å². The van der Waals surface area contributed by atoms with Crippen molar-refractivity contribution in [2.24, 2.45) is 5.73 Å². The molecule has 0 atom stereocenters. The Morgan fingerprint density at radius 1 is 1.19 bits per heavy atom. The first kappa shape index (κ1) is 17.5. The summed E-state index contributed by atoms with van der Waals surface area (Å²) in [6.07, 6.45) is 5.68. The Hall–Kier alpha value is -2.93. The molecule has 2 aromatic heterocycles. The number of pyridine rings is 1. The van der Waals surface area contributed by atoms with Gasteiger partial charge in [0.05, 0.1) is 16.6 Å². The molecule has 1 aromatic carbocycles. The number of para-hydroxylation sites is 1. The SMILES string of the molecule is NC(=O)c1cccc2[nH]c(-c3cccnc3NCCN3CCCCC3)nc12. The van der Waals surface area contributed by atoms with E-state index in [1.807, 2.05) is 18.2 Å². The van der Waals surface area contributed by atoms with E-state index in [2.05, 4.69) is 25.2 Å². The van der Waals surface area contributed by atoms with Gasteiger partial charge in [-0.1, -0.05) is 12.5 Å². The lowest BCUT2D eigenvalue weighted by atomic mass is 10.1. The van der Waals surface area contributed by atoms with Crippen LogP contribution in [0.25, 0.3) is 22.4 Å². The Morgan fingerprint density at radius 2 is 2.04 bits per heavy atom. The summed E-state index contributed by atoms with van der Waals surface area (Å²) in [4.78, 5) is 26.5. The quantitative estimate of drug-likeness (QED) is 0.624. The molecule has 0 spiro atoms. The number of amides is 1. The van der Waals surface area contributed by atoms with Crippen LogP contribution in [0.15, 0.2) is 36.5 Å². The molecular weight excluding hydrogens is 340 g/mol. The number of hydrogen-bond donors (Lipinski definition) is 3. The highest BCUT2D eigenvalue weighted by molar-refractivity contribution is 6.04. The standard InChI is InChI=1S/C20H24N6O/c21-18(27)14-6-4-8-16-17(14)25-20(24-16)15-7-5-9-22-19(15)23-10-13-26-11-2-1-3-12-26/h4-9H,1-3,10-13H2,(H2,21,27)(H,22,23)(H,24,25). The number of aromatic nitrogens is 3. The van der Waals surface area contributed by atoms with E-state index in [4.69, 9.17) is 5.73 Å². The Balaban J connectivity index is 1.56. The first-order valence-corrected chi connectivity index (χ1v) is 9.42. The van der Waals surface area contributed by atoms with Crippen LogP contribution >= 0.6 is 0 Å². The molecule has 1 aliphatic rings. The van der Waals surface area contributed by atoms with Gasteiger partial charge in [0.2, 0.25) is 0 Å². The molecular formula is C20H24N6O. The van der Waals surface area contributed by atoms with Gasteiger partial charge in [-0.2, -0.15) is 0 Å². The number of carbonyl (C=O) groups excluding carboxylic acids is 1. The van der Waals surface area contributed by atoms with E-state index in [0.29, 0.717) is 16.9 Å². The lowest BCUT2D eigenvalue weighted by Crippen LogP contribution is -2.33. The number of anilines is 1. The number of fused-ring (bicyclic) bond motifs is 1. The molecule has 4 N–H and O–H groups in total. The van der Waals surface area contributed by atoms with Crippen LogP contribution in [0.3, 0.4) is 0 Å². The second-order valence-electron chi connectivity index (χ2n) is 6.88. The first-order chi connectivity index (χ1) is 13.2. The predicted octanol–water partition coefficient (Wildman–Crippen LogP) is 2.62. The van der Waals surface area contributed by atoms with Crippen molar-refractivity contribution < 1.29 is 4.79 Å². The number of carbonyl (C=O) groups is 1. The number of nitrogens with zero attached hydrogens (tertiary/aromatic N) is 3. The van der Waals surface area contributed by atoms with E-state index in [1.165, 1.54) is 32.4 Å². The van der Waals surface area contributed by atoms with Gasteiger partial charge < -0.3 is 20.9 Å². The van der Waals surface area contributed by atoms with Crippen LogP contribution in [0.4, 0.5) is 5.82 Å². The monoisotopic (exact) mass is 364 g/mol. The molecule has 7 heteroatoms. The van der Waals surface area contributed by atoms with E-state index in [0.717, 1.165) is 30.0 Å². The van der Waals surface area contributed by atoms with Crippen molar-refractivity contribution in [3.05, 3.63) is 42.1 Å². The molecule has 0 bridgehead atoms. The van der Waals surface area contributed by atoms with E-state index in [-0.39, 0.29) is 0 Å². The zero-order chi connectivity index (χ0) is 18.6. The molecule has 0 radical (unpaired) electrons. The lowest BCUT2D eigenvalue weighted by molar-refractivity contribution is 0.100. The zero-order valence-corrected chi connectivity index (χ0v) is 15.2. The fourth-order valence-electron chi connectivity index (χ4n) is 3.61. The van der Waals surface area contributed by atoms with Crippen LogP contribution < -0.4 is 11.1 Å². The highest BCUT2D eigenvalue weighted by atomic mass is 16.1. The molecule has 0 unspecified atom stereocenters. The second kappa shape index (κ2) is 7.75. The summed E-state index contributed by atoms with van der Waals surface area (Å²) in [6.45, 7) is 4.19. The highest BCUT2D eigenvalue weighted by Crippen LogP contribution is 2.27. The van der Waals surface area contributed by atoms with E-state index < -0.39 is 5.91 Å². The van der Waals surface area contributed by atoms with Gasteiger partial charge >= 0.3 is 0 Å². The lowest BCUT2D eigenvalue weighted by Gasteiger charge is -2.26. The van der Waals surface area contributed by atoms with Crippen molar-refractivity contribution in [3.8, 4) is 11.4 Å². The summed E-state index contributed by atoms with van der Waals surface area (Å²) in [6, 6.07) is 9.23. The second-order valence-corrected chi connectivity index (χ2v) is 6.88. The van der Waals surface area contributed by atoms with Crippen molar-refractivity contribution in [1.82, 2.24) is 19.9 Å². The molecule has 3 aromatic rings. The maximum atomic E-state index is 11.7. The van der Waals surface area contributed by atoms with Gasteiger partial charge in [-0.15, -0.1) is 0 Å². The van der Waals surface area contributed by atoms with Crippen molar-refractivity contribution in [2.75, 3.05) is 31.5 Å². The summed E-state index contributed by atoms with van der Waals surface area (Å²) in [5, 5.41) is 3.44. The van der Waals surface area contributed by atoms with Gasteiger partial charge in [0.1, 0.15) is 17.2 Å². The number of nitrogens with two attached hydrogens (primary N) is 1. The number of rotatable bonds is 6. The number of hydrogen-bond acceptors (Lipinski definition) is 5. The fraction of sp³-hybridized carbons (Fsp3) is 0.350. The molecule has 1 saturated heterocycles.